The van der Waals surface area contributed by atoms with Crippen molar-refractivity contribution in [3.05, 3.63) is 82.7 Å². The van der Waals surface area contributed by atoms with Crippen LogP contribution in [0, 0.1) is 0 Å². The predicted octanol–water partition coefficient (Wildman–Crippen LogP) is 2.71. The number of rotatable bonds is 6. The number of hydrogen-bond acceptors (Lipinski definition) is 6. The first-order chi connectivity index (χ1) is 15.9. The molecule has 0 spiro atoms. The van der Waals surface area contributed by atoms with Crippen molar-refractivity contribution in [3.8, 4) is 0 Å². The Kier molecular flexibility index (Phi) is 6.07. The number of fused-ring (bicyclic) bond motifs is 1. The van der Waals surface area contributed by atoms with E-state index in [2.05, 4.69) is 39.5 Å². The summed E-state index contributed by atoms with van der Waals surface area (Å²) >= 11 is 0. The van der Waals surface area contributed by atoms with E-state index in [0.717, 1.165) is 49.3 Å². The molecule has 0 saturated carbocycles. The average molecular weight is 467 g/mol. The zero-order valence-electron chi connectivity index (χ0n) is 18.8. The van der Waals surface area contributed by atoms with Crippen LogP contribution in [0.3, 0.4) is 0 Å². The summed E-state index contributed by atoms with van der Waals surface area (Å²) in [7, 11) is -3.03. The van der Waals surface area contributed by atoms with Gasteiger partial charge in [-0.15, -0.1) is 5.10 Å². The van der Waals surface area contributed by atoms with Crippen LogP contribution in [0.4, 0.5) is 0 Å². The number of nitrogens with zero attached hydrogens (tertiary/aromatic N) is 4. The monoisotopic (exact) mass is 466 g/mol. The Morgan fingerprint density at radius 1 is 1.09 bits per heavy atom. The van der Waals surface area contributed by atoms with E-state index in [1.807, 2.05) is 35.1 Å². The van der Waals surface area contributed by atoms with Gasteiger partial charge in [-0.05, 0) is 54.1 Å². The second-order valence-electron chi connectivity index (χ2n) is 9.47. The minimum atomic E-state index is -3.03. The van der Waals surface area contributed by atoms with Crippen LogP contribution in [-0.4, -0.2) is 58.9 Å². The summed E-state index contributed by atoms with van der Waals surface area (Å²) in [6.45, 7) is 2.66. The molecule has 0 amide bonds. The van der Waals surface area contributed by atoms with E-state index in [4.69, 9.17) is 0 Å². The summed E-state index contributed by atoms with van der Waals surface area (Å²) in [6, 6.07) is 16.0. The Hall–Kier alpha value is -2.55. The molecule has 1 aromatic heterocycles. The second kappa shape index (κ2) is 9.00. The second-order valence-corrected chi connectivity index (χ2v) is 11.6. The highest BCUT2D eigenvalue weighted by atomic mass is 32.2. The summed E-state index contributed by atoms with van der Waals surface area (Å²) in [5.74, 6) is 0.539. The fourth-order valence-corrected chi connectivity index (χ4v) is 6.07. The lowest BCUT2D eigenvalue weighted by Gasteiger charge is -2.31. The first-order valence-electron chi connectivity index (χ1n) is 11.5. The van der Waals surface area contributed by atoms with Gasteiger partial charge >= 0.3 is 0 Å². The Balaban J connectivity index is 1.20. The zero-order chi connectivity index (χ0) is 23.0. The number of aromatic nitrogens is 3. The maximum absolute atomic E-state index is 11.6. The van der Waals surface area contributed by atoms with Crippen molar-refractivity contribution in [1.82, 2.24) is 19.9 Å². The van der Waals surface area contributed by atoms with Crippen molar-refractivity contribution in [3.63, 3.8) is 0 Å². The lowest BCUT2D eigenvalue weighted by Crippen LogP contribution is -2.32. The number of piperidine rings is 1. The highest BCUT2D eigenvalue weighted by molar-refractivity contribution is 7.89. The molecule has 33 heavy (non-hydrogen) atoms. The lowest BCUT2D eigenvalue weighted by atomic mass is 9.88. The molecule has 2 aliphatic rings. The molecule has 3 aromatic rings. The first kappa shape index (κ1) is 22.3. The molecule has 1 aliphatic carbocycles. The smallest absolute Gasteiger partial charge is 0.151 e. The van der Waals surface area contributed by atoms with Crippen LogP contribution in [0.15, 0.2) is 54.7 Å². The minimum Gasteiger partial charge on any atom is -0.390 e. The van der Waals surface area contributed by atoms with Crippen LogP contribution in [0.2, 0.25) is 0 Å². The summed E-state index contributed by atoms with van der Waals surface area (Å²) in [6.07, 6.45) is 5.48. The molecule has 0 bridgehead atoms. The first-order valence-corrected chi connectivity index (χ1v) is 13.6. The molecule has 8 heteroatoms. The average Bonchev–Trinajstić information content (AvgIpc) is 3.36. The van der Waals surface area contributed by atoms with E-state index in [1.54, 1.807) is 0 Å². The van der Waals surface area contributed by atoms with Gasteiger partial charge in [-0.2, -0.15) is 0 Å². The summed E-state index contributed by atoms with van der Waals surface area (Å²) < 4.78 is 25.1. The standard InChI is InChI=1S/C25H30N4O3S/c1-33(31,32)17-18-5-4-7-20(13-18)19-9-11-28(12-10-19)15-22-16-29(27-26-22)25-23-8-3-2-6-21(23)14-24(25)30/h2-8,13,16,19,24-25,30H,9-12,14-15,17H2,1H3/t24-,25?/m1/s1. The van der Waals surface area contributed by atoms with Crippen LogP contribution < -0.4 is 0 Å². The minimum absolute atomic E-state index is 0.0928. The van der Waals surface area contributed by atoms with E-state index in [9.17, 15) is 13.5 Å². The van der Waals surface area contributed by atoms with Crippen LogP contribution in [0.5, 0.6) is 0 Å². The van der Waals surface area contributed by atoms with Crippen molar-refractivity contribution in [2.45, 2.75) is 49.6 Å². The largest absolute Gasteiger partial charge is 0.390 e. The van der Waals surface area contributed by atoms with Crippen molar-refractivity contribution in [2.75, 3.05) is 19.3 Å². The quantitative estimate of drug-likeness (QED) is 0.601. The molecule has 1 fully saturated rings. The molecule has 2 aromatic carbocycles. The van der Waals surface area contributed by atoms with E-state index in [1.165, 1.54) is 17.4 Å². The number of likely N-dealkylation sites (tertiary alicyclic amines) is 1. The third-order valence-corrected chi connectivity index (χ3v) is 7.69. The number of aliphatic hydroxyl groups is 1. The molecule has 174 valence electrons. The van der Waals surface area contributed by atoms with Gasteiger partial charge < -0.3 is 5.11 Å². The van der Waals surface area contributed by atoms with Gasteiger partial charge in [0.05, 0.1) is 23.7 Å². The molecule has 1 aliphatic heterocycles. The fourth-order valence-electron chi connectivity index (χ4n) is 5.29. The third kappa shape index (κ3) is 5.03. The highest BCUT2D eigenvalue weighted by Crippen LogP contribution is 2.34. The van der Waals surface area contributed by atoms with Gasteiger partial charge in [-0.25, -0.2) is 13.1 Å². The maximum atomic E-state index is 11.6. The Bertz CT molecular complexity index is 1230. The molecule has 1 N–H and O–H groups in total. The summed E-state index contributed by atoms with van der Waals surface area (Å²) in [4.78, 5) is 2.39. The topological polar surface area (TPSA) is 88.3 Å². The van der Waals surface area contributed by atoms with Crippen molar-refractivity contribution in [2.24, 2.45) is 0 Å². The fraction of sp³-hybridized carbons (Fsp3) is 0.440. The van der Waals surface area contributed by atoms with E-state index in [-0.39, 0.29) is 11.8 Å². The van der Waals surface area contributed by atoms with E-state index in [0.29, 0.717) is 12.3 Å². The van der Waals surface area contributed by atoms with E-state index >= 15 is 0 Å². The Labute approximate surface area is 195 Å². The Morgan fingerprint density at radius 3 is 2.67 bits per heavy atom. The van der Waals surface area contributed by atoms with Crippen LogP contribution in [0.25, 0.3) is 0 Å². The van der Waals surface area contributed by atoms with Gasteiger partial charge in [-0.3, -0.25) is 4.90 Å². The van der Waals surface area contributed by atoms with Gasteiger partial charge in [0.15, 0.2) is 9.84 Å². The summed E-state index contributed by atoms with van der Waals surface area (Å²) in [5.41, 5.74) is 5.32. The number of aliphatic hydroxyl groups excluding tert-OH is 1. The number of hydrogen-bond donors (Lipinski definition) is 1. The van der Waals surface area contributed by atoms with Crippen molar-refractivity contribution >= 4 is 9.84 Å². The van der Waals surface area contributed by atoms with Crippen LogP contribution >= 0.6 is 0 Å². The van der Waals surface area contributed by atoms with Gasteiger partial charge in [0, 0.05) is 19.2 Å². The van der Waals surface area contributed by atoms with E-state index < -0.39 is 15.9 Å². The van der Waals surface area contributed by atoms with Gasteiger partial charge in [0.2, 0.25) is 0 Å². The normalized spacial score (nSPS) is 21.9. The molecule has 2 heterocycles. The zero-order valence-corrected chi connectivity index (χ0v) is 19.7. The van der Waals surface area contributed by atoms with Crippen molar-refractivity contribution < 1.29 is 13.5 Å². The maximum Gasteiger partial charge on any atom is 0.151 e. The third-order valence-electron chi connectivity index (χ3n) is 6.83. The summed E-state index contributed by atoms with van der Waals surface area (Å²) in [5, 5.41) is 19.3. The Morgan fingerprint density at radius 2 is 1.88 bits per heavy atom. The van der Waals surface area contributed by atoms with Crippen LogP contribution in [-0.2, 0) is 28.6 Å². The number of benzene rings is 2. The molecular weight excluding hydrogens is 436 g/mol. The molecule has 1 unspecified atom stereocenters. The molecule has 2 atom stereocenters. The predicted molar refractivity (Wildman–Crippen MR) is 127 cm³/mol. The molecule has 7 nitrogen and oxygen atoms in total. The van der Waals surface area contributed by atoms with Crippen LogP contribution in [0.1, 0.15) is 52.7 Å². The lowest BCUT2D eigenvalue weighted by molar-refractivity contribution is 0.137. The molecule has 0 radical (unpaired) electrons. The van der Waals surface area contributed by atoms with Crippen molar-refractivity contribution in [1.29, 1.82) is 0 Å². The SMILES string of the molecule is CS(=O)(=O)Cc1cccc(C2CCN(Cc3cn(C4c5ccccc5C[C@H]4O)nn3)CC2)c1. The number of sulfone groups is 1. The molecule has 1 saturated heterocycles. The van der Waals surface area contributed by atoms with Gasteiger partial charge in [0.1, 0.15) is 6.04 Å². The highest BCUT2D eigenvalue weighted by Gasteiger charge is 2.33. The molecular formula is C25H30N4O3S. The molecule has 5 rings (SSSR count). The van der Waals surface area contributed by atoms with Gasteiger partial charge in [-0.1, -0.05) is 53.7 Å². The van der Waals surface area contributed by atoms with Gasteiger partial charge in [0.25, 0.3) is 0 Å².